The summed E-state index contributed by atoms with van der Waals surface area (Å²) in [5.74, 6) is -1.02. The summed E-state index contributed by atoms with van der Waals surface area (Å²) in [6.45, 7) is 0.895. The number of hydrogen-bond donors (Lipinski definition) is 2. The van der Waals surface area contributed by atoms with Gasteiger partial charge in [-0.15, -0.1) is 0 Å². The molecule has 0 heterocycles. The summed E-state index contributed by atoms with van der Waals surface area (Å²) in [4.78, 5) is 10.2. The van der Waals surface area contributed by atoms with Gasteiger partial charge in [0.15, 0.2) is 0 Å². The van der Waals surface area contributed by atoms with E-state index in [0.717, 1.165) is 19.4 Å². The van der Waals surface area contributed by atoms with Crippen LogP contribution in [0.25, 0.3) is 5.73 Å². The minimum Gasteiger partial charge on any atom is -0.665 e. The number of unbranched alkanes of at least 4 members (excludes halogenated alkanes) is 1. The summed E-state index contributed by atoms with van der Waals surface area (Å²) in [7, 11) is 1.86. The molecule has 4 nitrogen and oxygen atoms in total. The second kappa shape index (κ2) is 10.3. The van der Waals surface area contributed by atoms with Crippen LogP contribution in [0.5, 0.6) is 0 Å². The topological polar surface area (TPSA) is 73.1 Å². The van der Waals surface area contributed by atoms with Crippen molar-refractivity contribution in [1.29, 1.82) is 0 Å². The molecule has 12 heavy (non-hydrogen) atoms. The Morgan fingerprint density at radius 2 is 2.17 bits per heavy atom. The molecule has 0 aliphatic rings. The minimum atomic E-state index is -1.02. The molecule has 66 valence electrons. The molecule has 0 rings (SSSR count). The summed E-state index contributed by atoms with van der Waals surface area (Å²) < 4.78 is 0. The average molecular weight is 245 g/mol. The fourth-order valence-electron chi connectivity index (χ4n) is 0.774. The zero-order valence-electron chi connectivity index (χ0n) is 7.76. The molecule has 0 saturated carbocycles. The van der Waals surface area contributed by atoms with Crippen molar-refractivity contribution in [2.45, 2.75) is 25.3 Å². The van der Waals surface area contributed by atoms with Crippen LogP contribution in [0, 0.1) is 0 Å². The van der Waals surface area contributed by atoms with Gasteiger partial charge in [-0.3, -0.25) is 4.79 Å². The van der Waals surface area contributed by atoms with Gasteiger partial charge in [-0.2, -0.15) is 0 Å². The Bertz CT molecular complexity index is 122. The van der Waals surface area contributed by atoms with Gasteiger partial charge in [0, 0.05) is 0 Å². The van der Waals surface area contributed by atoms with Crippen molar-refractivity contribution >= 4 is 5.97 Å². The van der Waals surface area contributed by atoms with E-state index in [9.17, 15) is 4.79 Å². The number of carboxylic acid groups (broad SMARTS) is 1. The quantitative estimate of drug-likeness (QED) is 0.525. The van der Waals surface area contributed by atoms with Crippen LogP contribution >= 0.6 is 0 Å². The van der Waals surface area contributed by atoms with Gasteiger partial charge in [0.2, 0.25) is 0 Å². The van der Waals surface area contributed by atoms with Crippen molar-refractivity contribution < 1.29 is 68.1 Å². The van der Waals surface area contributed by atoms with E-state index in [1.54, 1.807) is 0 Å². The van der Waals surface area contributed by atoms with E-state index in [4.69, 9.17) is 10.8 Å². The van der Waals surface area contributed by atoms with Crippen LogP contribution in [0.4, 0.5) is 0 Å². The molecule has 1 unspecified atom stereocenters. The van der Waals surface area contributed by atoms with Crippen molar-refractivity contribution in [3.8, 4) is 0 Å². The number of carbonyl (C=O) groups is 1. The first kappa shape index (κ1) is 15.7. The van der Waals surface area contributed by atoms with Crippen LogP contribution in [0.2, 0.25) is 0 Å². The Morgan fingerprint density at radius 1 is 1.58 bits per heavy atom. The summed E-state index contributed by atoms with van der Waals surface area (Å²) in [6, 6.07) is -0.938. The van der Waals surface area contributed by atoms with E-state index >= 15 is 0 Å². The molecule has 0 aromatic rings. The molecule has 5 heteroatoms. The van der Waals surface area contributed by atoms with E-state index in [1.165, 1.54) is 0 Å². The minimum absolute atomic E-state index is 0. The summed E-state index contributed by atoms with van der Waals surface area (Å²) in [5, 5.41) is 11.3. The number of rotatable bonds is 6. The van der Waals surface area contributed by atoms with Crippen LogP contribution in [-0.2, 0) is 4.79 Å². The summed E-state index contributed by atoms with van der Waals surface area (Å²) in [6.07, 6.45) is 2.21. The molecule has 0 aliphatic carbocycles. The maximum atomic E-state index is 10.2. The van der Waals surface area contributed by atoms with Gasteiger partial charge in [-0.1, -0.05) is 12.8 Å². The molecule has 1 atom stereocenters. The average Bonchev–Trinajstić information content (AvgIpc) is 1.97. The largest absolute Gasteiger partial charge is 1.00 e. The molecule has 0 radical (unpaired) electrons. The monoisotopic (exact) mass is 244 g/mol. The Balaban J connectivity index is 0. The van der Waals surface area contributed by atoms with Crippen LogP contribution in [-0.4, -0.2) is 30.7 Å². The van der Waals surface area contributed by atoms with Gasteiger partial charge in [0.05, 0.1) is 0 Å². The molecular formula is C7H15N2O2Rb. The zero-order chi connectivity index (χ0) is 8.69. The van der Waals surface area contributed by atoms with E-state index in [-0.39, 0.29) is 58.2 Å². The Labute approximate surface area is 122 Å². The first-order valence-corrected chi connectivity index (χ1v) is 3.77. The summed E-state index contributed by atoms with van der Waals surface area (Å²) in [5.41, 5.74) is 7.04. The standard InChI is InChI=1S/C7H15N2O2.Rb/c1-9-5-3-2-4-6(8)7(10)11;/h6,8-9H,2-5H2,1H3,(H,10,11);/q-1;+1. The van der Waals surface area contributed by atoms with Crippen molar-refractivity contribution in [1.82, 2.24) is 5.32 Å². The molecule has 0 saturated heterocycles. The molecule has 0 amide bonds. The van der Waals surface area contributed by atoms with Gasteiger partial charge in [-0.25, -0.2) is 0 Å². The van der Waals surface area contributed by atoms with Crippen LogP contribution in [0.15, 0.2) is 0 Å². The van der Waals surface area contributed by atoms with Crippen LogP contribution < -0.4 is 63.5 Å². The summed E-state index contributed by atoms with van der Waals surface area (Å²) >= 11 is 0. The fraction of sp³-hybridized carbons (Fsp3) is 0.857. The molecular weight excluding hydrogens is 230 g/mol. The van der Waals surface area contributed by atoms with Crippen molar-refractivity contribution in [3.05, 3.63) is 5.73 Å². The predicted octanol–water partition coefficient (Wildman–Crippen LogP) is -2.11. The number of hydrogen-bond acceptors (Lipinski definition) is 2. The van der Waals surface area contributed by atoms with E-state index in [0.29, 0.717) is 6.42 Å². The molecule has 0 bridgehead atoms. The first-order valence-electron chi connectivity index (χ1n) is 3.77. The van der Waals surface area contributed by atoms with Gasteiger partial charge in [0.25, 0.3) is 5.97 Å². The Morgan fingerprint density at radius 3 is 2.58 bits per heavy atom. The van der Waals surface area contributed by atoms with E-state index in [2.05, 4.69) is 5.32 Å². The van der Waals surface area contributed by atoms with Crippen molar-refractivity contribution in [2.24, 2.45) is 0 Å². The molecule has 0 fully saturated rings. The van der Waals surface area contributed by atoms with Gasteiger partial charge in [0.1, 0.15) is 0 Å². The zero-order valence-corrected chi connectivity index (χ0v) is 12.7. The van der Waals surface area contributed by atoms with Crippen molar-refractivity contribution in [2.75, 3.05) is 13.6 Å². The van der Waals surface area contributed by atoms with Crippen molar-refractivity contribution in [3.63, 3.8) is 0 Å². The van der Waals surface area contributed by atoms with Gasteiger partial charge in [-0.05, 0) is 26.1 Å². The first-order chi connectivity index (χ1) is 5.18. The molecule has 3 N–H and O–H groups in total. The third kappa shape index (κ3) is 9.28. The third-order valence-corrected chi connectivity index (χ3v) is 1.47. The Kier molecular flexibility index (Phi) is 13.4. The maximum absolute atomic E-state index is 10.2. The van der Waals surface area contributed by atoms with Gasteiger partial charge < -0.3 is 16.2 Å². The molecule has 0 aromatic carbocycles. The van der Waals surface area contributed by atoms with Crippen LogP contribution in [0.1, 0.15) is 19.3 Å². The fourth-order valence-corrected chi connectivity index (χ4v) is 0.774. The second-order valence-electron chi connectivity index (χ2n) is 2.49. The van der Waals surface area contributed by atoms with E-state index in [1.807, 2.05) is 7.05 Å². The number of aliphatic carboxylic acids is 1. The van der Waals surface area contributed by atoms with Gasteiger partial charge >= 0.3 is 58.2 Å². The van der Waals surface area contributed by atoms with Crippen LogP contribution in [0.3, 0.4) is 0 Å². The smallest absolute Gasteiger partial charge is 0.665 e. The SMILES string of the molecule is CNCCCCC([NH-])C(=O)O.[Rb+]. The number of carboxylic acids is 1. The third-order valence-electron chi connectivity index (χ3n) is 1.47. The molecule has 0 aromatic heterocycles. The number of nitrogens with one attached hydrogen (secondary N) is 2. The molecule has 0 aliphatic heterocycles. The molecule has 0 spiro atoms. The Hall–Kier alpha value is 1.20. The van der Waals surface area contributed by atoms with E-state index < -0.39 is 12.0 Å². The second-order valence-corrected chi connectivity index (χ2v) is 2.49. The normalized spacial score (nSPS) is 11.8. The predicted molar refractivity (Wildman–Crippen MR) is 43.5 cm³/mol. The maximum Gasteiger partial charge on any atom is 1.00 e.